The van der Waals surface area contributed by atoms with Crippen molar-refractivity contribution in [2.45, 2.75) is 26.3 Å². The zero-order valence-electron chi connectivity index (χ0n) is 11.3. The Kier molecular flexibility index (Phi) is 6.48. The number of benzene rings is 1. The molecule has 0 aliphatic carbocycles. The van der Waals surface area contributed by atoms with E-state index in [1.165, 1.54) is 6.92 Å². The van der Waals surface area contributed by atoms with Crippen LogP contribution >= 0.6 is 0 Å². The molecule has 4 heteroatoms. The Balaban J connectivity index is 2.42. The van der Waals surface area contributed by atoms with E-state index in [1.54, 1.807) is 6.92 Å². The molecule has 0 aliphatic heterocycles. The molecule has 1 aromatic carbocycles. The molecule has 0 aromatic heterocycles. The van der Waals surface area contributed by atoms with E-state index in [0.717, 1.165) is 11.3 Å². The molecule has 0 heterocycles. The molecular formula is C15H19NO3. The van der Waals surface area contributed by atoms with E-state index < -0.39 is 0 Å². The molecule has 0 amide bonds. The average Bonchev–Trinajstić information content (AvgIpc) is 2.39. The van der Waals surface area contributed by atoms with Crippen molar-refractivity contribution in [1.82, 2.24) is 0 Å². The van der Waals surface area contributed by atoms with E-state index in [2.05, 4.69) is 11.8 Å². The Labute approximate surface area is 113 Å². The topological polar surface area (TPSA) is 61.6 Å². The molecule has 0 unspecified atom stereocenters. The Hall–Kier alpha value is -1.99. The highest BCUT2D eigenvalue weighted by molar-refractivity contribution is 5.65. The second-order valence-corrected chi connectivity index (χ2v) is 4.13. The van der Waals surface area contributed by atoms with Gasteiger partial charge in [-0.15, -0.1) is 5.92 Å². The van der Waals surface area contributed by atoms with Gasteiger partial charge in [0.1, 0.15) is 19.0 Å². The zero-order chi connectivity index (χ0) is 14.1. The lowest BCUT2D eigenvalue weighted by Crippen LogP contribution is -2.29. The van der Waals surface area contributed by atoms with E-state index in [9.17, 15) is 4.79 Å². The maximum absolute atomic E-state index is 10.7. The van der Waals surface area contributed by atoms with Crippen LogP contribution in [0.1, 0.15) is 19.4 Å². The summed E-state index contributed by atoms with van der Waals surface area (Å²) < 4.78 is 10.3. The van der Waals surface area contributed by atoms with Gasteiger partial charge in [-0.3, -0.25) is 4.79 Å². The second kappa shape index (κ2) is 8.17. The molecule has 19 heavy (non-hydrogen) atoms. The summed E-state index contributed by atoms with van der Waals surface area (Å²) in [7, 11) is 0. The molecule has 0 radical (unpaired) electrons. The number of hydrogen-bond donors (Lipinski definition) is 1. The van der Waals surface area contributed by atoms with E-state index in [-0.39, 0.29) is 18.6 Å². The Morgan fingerprint density at radius 3 is 2.63 bits per heavy atom. The molecule has 0 saturated carbocycles. The van der Waals surface area contributed by atoms with E-state index in [4.69, 9.17) is 15.2 Å². The maximum atomic E-state index is 10.7. The quantitative estimate of drug-likeness (QED) is 0.623. The first-order chi connectivity index (χ1) is 9.11. The third-order valence-corrected chi connectivity index (χ3v) is 2.41. The van der Waals surface area contributed by atoms with E-state index in [1.807, 2.05) is 24.3 Å². The van der Waals surface area contributed by atoms with Crippen molar-refractivity contribution in [3.63, 3.8) is 0 Å². The van der Waals surface area contributed by atoms with E-state index >= 15 is 0 Å². The minimum Gasteiger partial charge on any atom is -0.481 e. The first-order valence-corrected chi connectivity index (χ1v) is 6.12. The molecular weight excluding hydrogens is 242 g/mol. The summed E-state index contributed by atoms with van der Waals surface area (Å²) in [6, 6.07) is 7.46. The fourth-order valence-corrected chi connectivity index (χ4v) is 1.50. The third-order valence-electron chi connectivity index (χ3n) is 2.41. The van der Waals surface area contributed by atoms with Crippen LogP contribution in [0, 0.1) is 11.8 Å². The molecule has 1 atom stereocenters. The van der Waals surface area contributed by atoms with Crippen LogP contribution < -0.4 is 10.5 Å². The van der Waals surface area contributed by atoms with Gasteiger partial charge < -0.3 is 15.2 Å². The van der Waals surface area contributed by atoms with Gasteiger partial charge in [0, 0.05) is 13.0 Å². The molecule has 0 fully saturated rings. The molecule has 0 bridgehead atoms. The van der Waals surface area contributed by atoms with Crippen LogP contribution in [0.2, 0.25) is 0 Å². The molecule has 0 spiro atoms. The summed E-state index contributed by atoms with van der Waals surface area (Å²) in [6.07, 6.45) is 0.655. The predicted octanol–water partition coefficient (Wildman–Crippen LogP) is 1.52. The number of carbonyl (C=O) groups is 1. The average molecular weight is 261 g/mol. The molecule has 1 rings (SSSR count). The third kappa shape index (κ3) is 6.49. The monoisotopic (exact) mass is 261 g/mol. The van der Waals surface area contributed by atoms with Crippen LogP contribution in [-0.2, 0) is 16.0 Å². The first-order valence-electron chi connectivity index (χ1n) is 6.12. The summed E-state index contributed by atoms with van der Waals surface area (Å²) in [4.78, 5) is 10.7. The van der Waals surface area contributed by atoms with Crippen LogP contribution in [-0.4, -0.2) is 25.2 Å². The number of esters is 1. The number of rotatable bonds is 6. The van der Waals surface area contributed by atoms with Crippen LogP contribution in [0.4, 0.5) is 0 Å². The van der Waals surface area contributed by atoms with Gasteiger partial charge in [-0.2, -0.15) is 0 Å². The normalized spacial score (nSPS) is 11.1. The smallest absolute Gasteiger partial charge is 0.302 e. The van der Waals surface area contributed by atoms with Crippen LogP contribution in [0.25, 0.3) is 0 Å². The molecule has 1 aromatic rings. The first kappa shape index (κ1) is 15.1. The number of carbonyl (C=O) groups excluding carboxylic acids is 1. The Morgan fingerprint density at radius 1 is 1.37 bits per heavy atom. The lowest BCUT2D eigenvalue weighted by atomic mass is 10.1. The summed E-state index contributed by atoms with van der Waals surface area (Å²) in [5.41, 5.74) is 6.94. The van der Waals surface area contributed by atoms with Gasteiger partial charge in [-0.05, 0) is 31.0 Å². The number of nitrogens with two attached hydrogens (primary N) is 1. The zero-order valence-corrected chi connectivity index (χ0v) is 11.3. The van der Waals surface area contributed by atoms with Crippen molar-refractivity contribution in [3.8, 4) is 17.6 Å². The van der Waals surface area contributed by atoms with Crippen molar-refractivity contribution in [2.24, 2.45) is 5.73 Å². The molecule has 2 N–H and O–H groups in total. The van der Waals surface area contributed by atoms with Gasteiger partial charge >= 0.3 is 5.97 Å². The van der Waals surface area contributed by atoms with Gasteiger partial charge in [-0.25, -0.2) is 0 Å². The van der Waals surface area contributed by atoms with Crippen molar-refractivity contribution in [1.29, 1.82) is 0 Å². The van der Waals surface area contributed by atoms with Crippen molar-refractivity contribution in [3.05, 3.63) is 29.8 Å². The van der Waals surface area contributed by atoms with Crippen LogP contribution in [0.5, 0.6) is 5.75 Å². The fraction of sp³-hybridized carbons (Fsp3) is 0.400. The SMILES string of the molecule is CC#CCOc1ccc(C[C@H](N)COC(C)=O)cc1. The van der Waals surface area contributed by atoms with Gasteiger partial charge in [0.15, 0.2) is 0 Å². The van der Waals surface area contributed by atoms with Crippen molar-refractivity contribution < 1.29 is 14.3 Å². The fourth-order valence-electron chi connectivity index (χ4n) is 1.50. The minimum absolute atomic E-state index is 0.193. The summed E-state index contributed by atoms with van der Waals surface area (Å²) >= 11 is 0. The number of ether oxygens (including phenoxy) is 2. The highest BCUT2D eigenvalue weighted by Gasteiger charge is 2.06. The summed E-state index contributed by atoms with van der Waals surface area (Å²) in [5.74, 6) is 6.06. The molecule has 0 aliphatic rings. The second-order valence-electron chi connectivity index (χ2n) is 4.13. The largest absolute Gasteiger partial charge is 0.481 e. The minimum atomic E-state index is -0.309. The summed E-state index contributed by atoms with van der Waals surface area (Å²) in [6.45, 7) is 3.77. The highest BCUT2D eigenvalue weighted by Crippen LogP contribution is 2.13. The summed E-state index contributed by atoms with van der Waals surface area (Å²) in [5, 5.41) is 0. The lowest BCUT2D eigenvalue weighted by molar-refractivity contribution is -0.141. The predicted molar refractivity (Wildman–Crippen MR) is 73.7 cm³/mol. The van der Waals surface area contributed by atoms with Crippen LogP contribution in [0.15, 0.2) is 24.3 Å². The van der Waals surface area contributed by atoms with Gasteiger partial charge in [0.25, 0.3) is 0 Å². The maximum Gasteiger partial charge on any atom is 0.302 e. The highest BCUT2D eigenvalue weighted by atomic mass is 16.5. The Bertz CT molecular complexity index is 457. The van der Waals surface area contributed by atoms with Crippen molar-refractivity contribution in [2.75, 3.05) is 13.2 Å². The Morgan fingerprint density at radius 2 is 2.05 bits per heavy atom. The number of hydrogen-bond acceptors (Lipinski definition) is 4. The molecule has 0 saturated heterocycles. The van der Waals surface area contributed by atoms with E-state index in [0.29, 0.717) is 13.0 Å². The molecule has 4 nitrogen and oxygen atoms in total. The van der Waals surface area contributed by atoms with Crippen LogP contribution in [0.3, 0.4) is 0 Å². The lowest BCUT2D eigenvalue weighted by Gasteiger charge is -2.11. The van der Waals surface area contributed by atoms with Crippen molar-refractivity contribution >= 4 is 5.97 Å². The molecule has 102 valence electrons. The van der Waals surface area contributed by atoms with Gasteiger partial charge in [-0.1, -0.05) is 18.1 Å². The van der Waals surface area contributed by atoms with Gasteiger partial charge in [0.05, 0.1) is 0 Å². The van der Waals surface area contributed by atoms with Gasteiger partial charge in [0.2, 0.25) is 0 Å². The standard InChI is InChI=1S/C15H19NO3/c1-3-4-9-18-15-7-5-13(6-8-15)10-14(16)11-19-12(2)17/h5-8,14H,9-11,16H2,1-2H3/t14-/m0/s1.